The number of benzene rings is 2. The van der Waals surface area contributed by atoms with E-state index in [1.54, 1.807) is 0 Å². The Kier molecular flexibility index (Phi) is 11.8. The van der Waals surface area contributed by atoms with E-state index in [-0.39, 0.29) is 42.5 Å². The maximum atomic E-state index is 13.1. The summed E-state index contributed by atoms with van der Waals surface area (Å²) in [4.78, 5) is 51.4. The third-order valence-electron chi connectivity index (χ3n) is 7.39. The number of nitrogens with zero attached hydrogens (tertiary/aromatic N) is 1. The van der Waals surface area contributed by atoms with Gasteiger partial charge in [-0.15, -0.1) is 0 Å². The quantitative estimate of drug-likeness (QED) is 0.238. The average Bonchev–Trinajstić information content (AvgIpc) is 3.36. The molecule has 2 aromatic rings. The topological polar surface area (TPSA) is 151 Å². The fourth-order valence-electron chi connectivity index (χ4n) is 4.87. The second-order valence-corrected chi connectivity index (χ2v) is 12.0. The number of rotatable bonds is 15. The highest BCUT2D eigenvalue weighted by Crippen LogP contribution is 2.21. The Morgan fingerprint density at radius 1 is 1.18 bits per heavy atom. The predicted molar refractivity (Wildman–Crippen MR) is 155 cm³/mol. The standard InChI is InChI=1S/C29H40N4O6S/c1-4-19(2)25(32-28(36)23-12-13-26(34)30-23)17-33(16-21-10-7-9-20-8-5-6-11-22(20)21)18-27(35)31-24(29(37)38)14-15-40(3)39/h5-11,19,23-25H,4,12-18H2,1-3H3,(H,30,34)(H,31,35)(H,32,36)(H,37,38)/t19-,23-,24-,25+,40?/m0/s1. The van der Waals surface area contributed by atoms with Crippen molar-refractivity contribution in [2.24, 2.45) is 5.92 Å². The number of hydrogen-bond acceptors (Lipinski definition) is 6. The van der Waals surface area contributed by atoms with Crippen LogP contribution in [0.1, 0.15) is 45.1 Å². The molecule has 0 spiro atoms. The molecule has 0 aromatic heterocycles. The summed E-state index contributed by atoms with van der Waals surface area (Å²) in [6.07, 6.45) is 3.10. The molecule has 2 aromatic carbocycles. The van der Waals surface area contributed by atoms with Gasteiger partial charge in [0.15, 0.2) is 0 Å². The molecule has 1 unspecified atom stereocenters. The molecule has 1 aliphatic rings. The van der Waals surface area contributed by atoms with Crippen LogP contribution in [-0.4, -0.2) is 81.5 Å². The van der Waals surface area contributed by atoms with E-state index in [2.05, 4.69) is 16.0 Å². The molecule has 0 aliphatic carbocycles. The first-order valence-corrected chi connectivity index (χ1v) is 15.4. The summed E-state index contributed by atoms with van der Waals surface area (Å²) in [5.74, 6) is -1.80. The van der Waals surface area contributed by atoms with E-state index in [1.807, 2.05) is 61.2 Å². The minimum Gasteiger partial charge on any atom is -0.617 e. The highest BCUT2D eigenvalue weighted by Gasteiger charge is 2.31. The second kappa shape index (κ2) is 15.0. The monoisotopic (exact) mass is 572 g/mol. The van der Waals surface area contributed by atoms with Crippen LogP contribution < -0.4 is 16.0 Å². The molecule has 1 saturated heterocycles. The molecule has 5 atom stereocenters. The molecule has 1 fully saturated rings. The molecule has 0 bridgehead atoms. The van der Waals surface area contributed by atoms with Crippen molar-refractivity contribution in [3.63, 3.8) is 0 Å². The van der Waals surface area contributed by atoms with Gasteiger partial charge in [0.25, 0.3) is 0 Å². The Morgan fingerprint density at radius 3 is 2.55 bits per heavy atom. The van der Waals surface area contributed by atoms with Crippen molar-refractivity contribution in [1.29, 1.82) is 0 Å². The number of carboxylic acid groups (broad SMARTS) is 1. The van der Waals surface area contributed by atoms with Crippen molar-refractivity contribution in [2.75, 3.05) is 25.1 Å². The van der Waals surface area contributed by atoms with E-state index in [0.29, 0.717) is 25.9 Å². The summed E-state index contributed by atoms with van der Waals surface area (Å²) in [7, 11) is 0. The Bertz CT molecular complexity index is 1190. The molecule has 1 heterocycles. The number of carboxylic acids is 1. The molecular formula is C29H40N4O6S. The third kappa shape index (κ3) is 9.21. The van der Waals surface area contributed by atoms with E-state index in [9.17, 15) is 28.8 Å². The molecule has 11 heteroatoms. The van der Waals surface area contributed by atoms with Crippen molar-refractivity contribution < 1.29 is 28.8 Å². The van der Waals surface area contributed by atoms with Gasteiger partial charge in [-0.3, -0.25) is 19.3 Å². The van der Waals surface area contributed by atoms with Crippen molar-refractivity contribution >= 4 is 45.6 Å². The summed E-state index contributed by atoms with van der Waals surface area (Å²) in [5.41, 5.74) is 0.999. The van der Waals surface area contributed by atoms with Crippen molar-refractivity contribution in [2.45, 2.75) is 64.2 Å². The SMILES string of the molecule is CC[C@H](C)[C@@H](CN(CC(=O)N[C@@H](CC[S+](C)[O-])C(=O)O)Cc1cccc2ccccc12)NC(=O)[C@@H]1CCC(=O)N1. The Morgan fingerprint density at radius 2 is 1.90 bits per heavy atom. The van der Waals surface area contributed by atoms with Crippen LogP contribution in [0.4, 0.5) is 0 Å². The average molecular weight is 573 g/mol. The second-order valence-electron chi connectivity index (χ2n) is 10.5. The molecule has 40 heavy (non-hydrogen) atoms. The van der Waals surface area contributed by atoms with Crippen LogP contribution in [0.25, 0.3) is 10.8 Å². The van der Waals surface area contributed by atoms with Gasteiger partial charge in [0.1, 0.15) is 17.8 Å². The normalized spacial score (nSPS) is 18.1. The van der Waals surface area contributed by atoms with Crippen LogP contribution in [0.5, 0.6) is 0 Å². The molecule has 0 saturated carbocycles. The van der Waals surface area contributed by atoms with Crippen LogP contribution in [0.15, 0.2) is 42.5 Å². The Balaban J connectivity index is 1.82. The van der Waals surface area contributed by atoms with Crippen LogP contribution in [0, 0.1) is 5.92 Å². The number of nitrogens with one attached hydrogen (secondary N) is 3. The van der Waals surface area contributed by atoms with Crippen LogP contribution >= 0.6 is 0 Å². The van der Waals surface area contributed by atoms with Crippen molar-refractivity contribution in [3.8, 4) is 0 Å². The number of amides is 3. The van der Waals surface area contributed by atoms with E-state index in [4.69, 9.17) is 0 Å². The Hall–Kier alpha value is -3.15. The first kappa shape index (κ1) is 31.4. The lowest BCUT2D eigenvalue weighted by Gasteiger charge is -2.32. The molecule has 3 rings (SSSR count). The lowest BCUT2D eigenvalue weighted by atomic mass is 9.97. The van der Waals surface area contributed by atoms with Crippen LogP contribution in [0.3, 0.4) is 0 Å². The molecular weight excluding hydrogens is 532 g/mol. The maximum Gasteiger partial charge on any atom is 0.326 e. The fraction of sp³-hybridized carbons (Fsp3) is 0.517. The fourth-order valence-corrected chi connectivity index (χ4v) is 5.43. The summed E-state index contributed by atoms with van der Waals surface area (Å²) in [5, 5.41) is 20.1. The minimum absolute atomic E-state index is 0.0617. The van der Waals surface area contributed by atoms with Gasteiger partial charge >= 0.3 is 5.97 Å². The molecule has 0 radical (unpaired) electrons. The minimum atomic E-state index is -1.18. The highest BCUT2D eigenvalue weighted by atomic mass is 32.2. The lowest BCUT2D eigenvalue weighted by molar-refractivity contribution is -0.142. The number of hydrogen-bond donors (Lipinski definition) is 4. The van der Waals surface area contributed by atoms with E-state index < -0.39 is 35.1 Å². The Labute approximate surface area is 238 Å². The molecule has 3 amide bonds. The number of carbonyl (C=O) groups is 4. The number of fused-ring (bicyclic) bond motifs is 1. The van der Waals surface area contributed by atoms with Gasteiger partial charge in [-0.2, -0.15) is 0 Å². The first-order chi connectivity index (χ1) is 19.1. The lowest BCUT2D eigenvalue weighted by Crippen LogP contribution is -2.53. The predicted octanol–water partition coefficient (Wildman–Crippen LogP) is 1.79. The molecule has 1 aliphatic heterocycles. The van der Waals surface area contributed by atoms with E-state index >= 15 is 0 Å². The maximum absolute atomic E-state index is 13.1. The van der Waals surface area contributed by atoms with Gasteiger partial charge in [-0.25, -0.2) is 4.79 Å². The van der Waals surface area contributed by atoms with Gasteiger partial charge < -0.3 is 25.6 Å². The molecule has 218 valence electrons. The van der Waals surface area contributed by atoms with Gasteiger partial charge in [-0.1, -0.05) is 73.9 Å². The summed E-state index contributed by atoms with van der Waals surface area (Å²) < 4.78 is 11.5. The number of carbonyl (C=O) groups excluding carboxylic acids is 3. The van der Waals surface area contributed by atoms with Crippen LogP contribution in [0.2, 0.25) is 0 Å². The third-order valence-corrected chi connectivity index (χ3v) is 8.20. The van der Waals surface area contributed by atoms with Gasteiger partial charge in [0.05, 0.1) is 12.8 Å². The zero-order chi connectivity index (χ0) is 29.2. The zero-order valence-corrected chi connectivity index (χ0v) is 24.2. The van der Waals surface area contributed by atoms with Gasteiger partial charge in [-0.05, 0) is 28.7 Å². The van der Waals surface area contributed by atoms with Crippen LogP contribution in [-0.2, 0) is 36.9 Å². The summed E-state index contributed by atoms with van der Waals surface area (Å²) in [6.45, 7) is 4.70. The first-order valence-electron chi connectivity index (χ1n) is 13.7. The largest absolute Gasteiger partial charge is 0.617 e. The van der Waals surface area contributed by atoms with E-state index in [1.165, 1.54) is 6.26 Å². The van der Waals surface area contributed by atoms with Crippen molar-refractivity contribution in [1.82, 2.24) is 20.9 Å². The smallest absolute Gasteiger partial charge is 0.326 e. The van der Waals surface area contributed by atoms with Gasteiger partial charge in [0, 0.05) is 32.0 Å². The van der Waals surface area contributed by atoms with Gasteiger partial charge in [0.2, 0.25) is 17.7 Å². The molecule has 10 nitrogen and oxygen atoms in total. The van der Waals surface area contributed by atoms with E-state index in [0.717, 1.165) is 22.8 Å². The summed E-state index contributed by atoms with van der Waals surface area (Å²) >= 11 is -1.18. The number of aliphatic carboxylic acids is 1. The summed E-state index contributed by atoms with van der Waals surface area (Å²) in [6, 6.07) is 11.9. The highest BCUT2D eigenvalue weighted by molar-refractivity contribution is 7.90. The van der Waals surface area contributed by atoms with Crippen molar-refractivity contribution in [3.05, 3.63) is 48.0 Å². The molecule has 4 N–H and O–H groups in total. The zero-order valence-electron chi connectivity index (χ0n) is 23.4.